The highest BCUT2D eigenvalue weighted by Gasteiger charge is 2.36. The van der Waals surface area contributed by atoms with E-state index in [4.69, 9.17) is 0 Å². The van der Waals surface area contributed by atoms with Crippen molar-refractivity contribution in [2.75, 3.05) is 19.6 Å². The van der Waals surface area contributed by atoms with Gasteiger partial charge in [0.2, 0.25) is 0 Å². The van der Waals surface area contributed by atoms with Crippen molar-refractivity contribution in [2.45, 2.75) is 38.5 Å². The monoisotopic (exact) mass is 249 g/mol. The van der Waals surface area contributed by atoms with Crippen molar-refractivity contribution >= 4 is 0 Å². The van der Waals surface area contributed by atoms with Crippen molar-refractivity contribution in [1.82, 2.24) is 15.2 Å². The van der Waals surface area contributed by atoms with Gasteiger partial charge >= 0.3 is 0 Å². The van der Waals surface area contributed by atoms with Gasteiger partial charge in [-0.15, -0.1) is 0 Å². The number of β-amino-alcohol motifs (C(OH)–C–C–N with tert-alkyl or cyclic N) is 1. The number of hydrogen-bond donors (Lipinski definition) is 2. The van der Waals surface area contributed by atoms with Crippen LogP contribution >= 0.6 is 0 Å². The lowest BCUT2D eigenvalue weighted by molar-refractivity contribution is 0.00575. The number of hydrogen-bond acceptors (Lipinski definition) is 4. The maximum absolute atomic E-state index is 10.3. The van der Waals surface area contributed by atoms with E-state index < -0.39 is 5.60 Å². The van der Waals surface area contributed by atoms with E-state index in [0.29, 0.717) is 13.1 Å². The fourth-order valence-electron chi connectivity index (χ4n) is 2.39. The molecular formula is C14H23N3O. The zero-order valence-electron chi connectivity index (χ0n) is 11.5. The third-order valence-electron chi connectivity index (χ3n) is 3.53. The summed E-state index contributed by atoms with van der Waals surface area (Å²) in [5, 5.41) is 13.6. The minimum atomic E-state index is -0.692. The Morgan fingerprint density at radius 3 is 2.78 bits per heavy atom. The molecule has 1 saturated heterocycles. The Hall–Kier alpha value is -0.970. The van der Waals surface area contributed by atoms with Crippen molar-refractivity contribution in [2.24, 2.45) is 0 Å². The van der Waals surface area contributed by atoms with Gasteiger partial charge in [0.15, 0.2) is 0 Å². The van der Waals surface area contributed by atoms with Crippen LogP contribution in [0, 0.1) is 0 Å². The van der Waals surface area contributed by atoms with E-state index in [1.165, 1.54) is 0 Å². The van der Waals surface area contributed by atoms with Crippen LogP contribution in [0.2, 0.25) is 0 Å². The average Bonchev–Trinajstić information content (AvgIpc) is 2.37. The first kappa shape index (κ1) is 13.5. The number of nitrogens with zero attached hydrogens (tertiary/aromatic N) is 2. The first-order valence-corrected chi connectivity index (χ1v) is 6.47. The highest BCUT2D eigenvalue weighted by Crippen LogP contribution is 2.22. The number of nitrogens with one attached hydrogen (secondary N) is 1. The van der Waals surface area contributed by atoms with Crippen LogP contribution in [0.15, 0.2) is 24.4 Å². The highest BCUT2D eigenvalue weighted by molar-refractivity contribution is 5.05. The van der Waals surface area contributed by atoms with Gasteiger partial charge in [-0.1, -0.05) is 6.07 Å². The van der Waals surface area contributed by atoms with Gasteiger partial charge in [0.25, 0.3) is 0 Å². The summed E-state index contributed by atoms with van der Waals surface area (Å²) in [6.45, 7) is 9.21. The highest BCUT2D eigenvalue weighted by atomic mass is 16.3. The van der Waals surface area contributed by atoms with E-state index in [2.05, 4.69) is 29.0 Å². The summed E-state index contributed by atoms with van der Waals surface area (Å²) in [5.41, 5.74) is 0.365. The molecule has 2 N–H and O–H groups in total. The predicted octanol–water partition coefficient (Wildman–Crippen LogP) is 1.02. The lowest BCUT2D eigenvalue weighted by Crippen LogP contribution is -2.50. The van der Waals surface area contributed by atoms with Gasteiger partial charge in [0.05, 0.1) is 11.3 Å². The quantitative estimate of drug-likeness (QED) is 0.821. The summed E-state index contributed by atoms with van der Waals surface area (Å²) >= 11 is 0. The smallest absolute Gasteiger partial charge is 0.0870 e. The van der Waals surface area contributed by atoms with Gasteiger partial charge < -0.3 is 10.4 Å². The third-order valence-corrected chi connectivity index (χ3v) is 3.53. The minimum absolute atomic E-state index is 0.0119. The van der Waals surface area contributed by atoms with Crippen molar-refractivity contribution < 1.29 is 5.11 Å². The van der Waals surface area contributed by atoms with Crippen LogP contribution in [0.4, 0.5) is 0 Å². The van der Waals surface area contributed by atoms with Crippen molar-refractivity contribution in [3.63, 3.8) is 0 Å². The molecule has 2 heterocycles. The molecule has 0 bridgehead atoms. The molecule has 18 heavy (non-hydrogen) atoms. The summed E-state index contributed by atoms with van der Waals surface area (Å²) in [4.78, 5) is 6.67. The van der Waals surface area contributed by atoms with Gasteiger partial charge in [-0.05, 0) is 32.9 Å². The molecule has 0 spiro atoms. The SMILES string of the molecule is CC1(O)CNCC(C)(C)N(Cc2ccccn2)C1. The summed E-state index contributed by atoms with van der Waals surface area (Å²) < 4.78 is 0. The van der Waals surface area contributed by atoms with Gasteiger partial charge in [-0.2, -0.15) is 0 Å². The molecule has 0 aromatic carbocycles. The predicted molar refractivity (Wildman–Crippen MR) is 72.2 cm³/mol. The number of aromatic nitrogens is 1. The standard InChI is InChI=1S/C14H23N3O/c1-13(2)9-15-10-14(3,18)11-17(13)8-12-6-4-5-7-16-12/h4-7,15,18H,8-11H2,1-3H3. The molecule has 0 aliphatic carbocycles. The molecule has 4 heteroatoms. The molecule has 0 amide bonds. The summed E-state index contributed by atoms with van der Waals surface area (Å²) in [7, 11) is 0. The molecule has 1 unspecified atom stereocenters. The summed E-state index contributed by atoms with van der Waals surface area (Å²) in [6, 6.07) is 5.96. The lowest BCUT2D eigenvalue weighted by atomic mass is 10.0. The van der Waals surface area contributed by atoms with E-state index in [1.807, 2.05) is 31.3 Å². The molecular weight excluding hydrogens is 226 g/mol. The van der Waals surface area contributed by atoms with Crippen LogP contribution in [0.3, 0.4) is 0 Å². The molecule has 1 aromatic heterocycles. The Kier molecular flexibility index (Phi) is 3.71. The Bertz CT molecular complexity index is 389. The molecule has 1 aliphatic rings. The van der Waals surface area contributed by atoms with Crippen molar-refractivity contribution in [3.05, 3.63) is 30.1 Å². The van der Waals surface area contributed by atoms with Crippen LogP contribution in [0.5, 0.6) is 0 Å². The maximum Gasteiger partial charge on any atom is 0.0870 e. The van der Waals surface area contributed by atoms with Crippen molar-refractivity contribution in [1.29, 1.82) is 0 Å². The maximum atomic E-state index is 10.3. The Balaban J connectivity index is 2.16. The fraction of sp³-hybridized carbons (Fsp3) is 0.643. The fourth-order valence-corrected chi connectivity index (χ4v) is 2.39. The minimum Gasteiger partial charge on any atom is -0.388 e. The molecule has 1 aromatic rings. The second kappa shape index (κ2) is 4.96. The van der Waals surface area contributed by atoms with Crippen LogP contribution < -0.4 is 5.32 Å². The number of pyridine rings is 1. The van der Waals surface area contributed by atoms with Gasteiger partial charge in [-0.3, -0.25) is 9.88 Å². The molecule has 1 atom stereocenters. The number of rotatable bonds is 2. The first-order valence-electron chi connectivity index (χ1n) is 6.47. The molecule has 0 saturated carbocycles. The summed E-state index contributed by atoms with van der Waals surface area (Å²) in [6.07, 6.45) is 1.82. The number of aliphatic hydroxyl groups is 1. The van der Waals surface area contributed by atoms with Crippen LogP contribution in [0.25, 0.3) is 0 Å². The second-order valence-corrected chi connectivity index (χ2v) is 6.09. The van der Waals surface area contributed by atoms with E-state index in [-0.39, 0.29) is 5.54 Å². The Morgan fingerprint density at radius 2 is 2.11 bits per heavy atom. The summed E-state index contributed by atoms with van der Waals surface area (Å²) in [5.74, 6) is 0. The molecule has 0 radical (unpaired) electrons. The Labute approximate surface area is 109 Å². The Morgan fingerprint density at radius 1 is 1.33 bits per heavy atom. The normalized spacial score (nSPS) is 28.9. The van der Waals surface area contributed by atoms with Crippen molar-refractivity contribution in [3.8, 4) is 0 Å². The average molecular weight is 249 g/mol. The molecule has 100 valence electrons. The van der Waals surface area contributed by atoms with E-state index in [1.54, 1.807) is 0 Å². The second-order valence-electron chi connectivity index (χ2n) is 6.09. The topological polar surface area (TPSA) is 48.4 Å². The van der Waals surface area contributed by atoms with Crippen LogP contribution in [-0.4, -0.2) is 45.8 Å². The van der Waals surface area contributed by atoms with Gasteiger partial charge in [-0.25, -0.2) is 0 Å². The molecule has 1 fully saturated rings. The zero-order valence-corrected chi connectivity index (χ0v) is 11.5. The molecule has 1 aliphatic heterocycles. The molecule has 2 rings (SSSR count). The molecule has 4 nitrogen and oxygen atoms in total. The van der Waals surface area contributed by atoms with Crippen LogP contribution in [0.1, 0.15) is 26.5 Å². The van der Waals surface area contributed by atoms with E-state index in [9.17, 15) is 5.11 Å². The zero-order chi connectivity index (χ0) is 13.2. The largest absolute Gasteiger partial charge is 0.388 e. The van der Waals surface area contributed by atoms with E-state index >= 15 is 0 Å². The third kappa shape index (κ3) is 3.28. The van der Waals surface area contributed by atoms with E-state index in [0.717, 1.165) is 18.8 Å². The first-order chi connectivity index (χ1) is 8.39. The van der Waals surface area contributed by atoms with Gasteiger partial charge in [0.1, 0.15) is 0 Å². The van der Waals surface area contributed by atoms with Gasteiger partial charge in [0, 0.05) is 37.9 Å². The lowest BCUT2D eigenvalue weighted by Gasteiger charge is -2.38. The van der Waals surface area contributed by atoms with Crippen LogP contribution in [-0.2, 0) is 6.54 Å².